The van der Waals surface area contributed by atoms with Crippen LogP contribution in [0.2, 0.25) is 5.02 Å². The summed E-state index contributed by atoms with van der Waals surface area (Å²) < 4.78 is 8.26. The van der Waals surface area contributed by atoms with Gasteiger partial charge < -0.3 is 10.5 Å². The standard InChI is InChI=1S/C18H18ClN3OS/c1-10(2)16-7-13-14(8-20)17(21)22(18(24)15(13)9-23-16)12-5-3-11(19)4-6-12/h3-6,10,16H,7,9,21H2,1-2H3/t16-/m1/s1. The fourth-order valence-corrected chi connectivity index (χ4v) is 3.53. The second-order valence-electron chi connectivity index (χ2n) is 6.24. The van der Waals surface area contributed by atoms with Gasteiger partial charge in [-0.05, 0) is 35.7 Å². The monoisotopic (exact) mass is 359 g/mol. The van der Waals surface area contributed by atoms with Crippen LogP contribution in [0, 0.1) is 21.9 Å². The number of nitrogen functional groups attached to an aromatic ring is 1. The Morgan fingerprint density at radius 3 is 2.58 bits per heavy atom. The highest BCUT2D eigenvalue weighted by atomic mass is 35.5. The number of aromatic nitrogens is 1. The quantitative estimate of drug-likeness (QED) is 0.806. The highest BCUT2D eigenvalue weighted by molar-refractivity contribution is 7.71. The number of nitrogens with two attached hydrogens (primary N) is 1. The summed E-state index contributed by atoms with van der Waals surface area (Å²) in [7, 11) is 0. The van der Waals surface area contributed by atoms with Crippen molar-refractivity contribution in [1.82, 2.24) is 4.57 Å². The molecule has 4 nitrogen and oxygen atoms in total. The molecule has 1 aliphatic heterocycles. The lowest BCUT2D eigenvalue weighted by molar-refractivity contribution is -0.000853. The molecule has 0 unspecified atom stereocenters. The topological polar surface area (TPSA) is 64.0 Å². The third-order valence-electron chi connectivity index (χ3n) is 4.41. The number of ether oxygens (including phenoxy) is 1. The zero-order valence-electron chi connectivity index (χ0n) is 13.5. The lowest BCUT2D eigenvalue weighted by atomic mass is 9.91. The molecule has 1 aromatic carbocycles. The van der Waals surface area contributed by atoms with Crippen molar-refractivity contribution in [3.63, 3.8) is 0 Å². The highest BCUT2D eigenvalue weighted by Gasteiger charge is 2.28. The van der Waals surface area contributed by atoms with Crippen molar-refractivity contribution in [2.24, 2.45) is 5.92 Å². The maximum atomic E-state index is 9.67. The van der Waals surface area contributed by atoms with Gasteiger partial charge in [-0.25, -0.2) is 0 Å². The summed E-state index contributed by atoms with van der Waals surface area (Å²) in [4.78, 5) is 0. The van der Waals surface area contributed by atoms with E-state index in [1.807, 2.05) is 12.1 Å². The van der Waals surface area contributed by atoms with Crippen LogP contribution in [-0.4, -0.2) is 10.7 Å². The molecule has 0 saturated heterocycles. The van der Waals surface area contributed by atoms with E-state index >= 15 is 0 Å². The first-order valence-corrected chi connectivity index (χ1v) is 8.56. The second-order valence-corrected chi connectivity index (χ2v) is 7.07. The maximum absolute atomic E-state index is 9.67. The van der Waals surface area contributed by atoms with Gasteiger partial charge in [0.15, 0.2) is 0 Å². The van der Waals surface area contributed by atoms with Gasteiger partial charge in [0.2, 0.25) is 0 Å². The van der Waals surface area contributed by atoms with Crippen molar-refractivity contribution in [2.75, 3.05) is 5.73 Å². The molecule has 0 saturated carbocycles. The first-order chi connectivity index (χ1) is 11.4. The van der Waals surface area contributed by atoms with E-state index in [2.05, 4.69) is 19.9 Å². The number of halogens is 1. The van der Waals surface area contributed by atoms with Crippen molar-refractivity contribution >= 4 is 29.6 Å². The number of nitriles is 1. The van der Waals surface area contributed by atoms with Gasteiger partial charge in [-0.2, -0.15) is 5.26 Å². The number of hydrogen-bond acceptors (Lipinski definition) is 4. The van der Waals surface area contributed by atoms with E-state index in [0.29, 0.717) is 40.0 Å². The van der Waals surface area contributed by atoms with E-state index in [4.69, 9.17) is 34.3 Å². The third-order valence-corrected chi connectivity index (χ3v) is 5.09. The number of anilines is 1. The largest absolute Gasteiger partial charge is 0.384 e. The average Bonchev–Trinajstić information content (AvgIpc) is 2.56. The van der Waals surface area contributed by atoms with Crippen LogP contribution in [0.1, 0.15) is 30.5 Å². The van der Waals surface area contributed by atoms with Crippen LogP contribution < -0.4 is 5.73 Å². The van der Waals surface area contributed by atoms with E-state index in [9.17, 15) is 5.26 Å². The number of nitrogens with zero attached hydrogens (tertiary/aromatic N) is 2. The maximum Gasteiger partial charge on any atom is 0.127 e. The van der Waals surface area contributed by atoms with Gasteiger partial charge in [0.1, 0.15) is 16.5 Å². The second kappa shape index (κ2) is 6.56. The summed E-state index contributed by atoms with van der Waals surface area (Å²) in [6.07, 6.45) is 0.732. The van der Waals surface area contributed by atoms with Crippen LogP contribution in [0.4, 0.5) is 5.82 Å². The highest BCUT2D eigenvalue weighted by Crippen LogP contribution is 2.33. The van der Waals surface area contributed by atoms with Crippen LogP contribution in [0.25, 0.3) is 5.69 Å². The molecule has 0 fully saturated rings. The first kappa shape index (κ1) is 17.0. The van der Waals surface area contributed by atoms with Gasteiger partial charge in [-0.15, -0.1) is 0 Å². The van der Waals surface area contributed by atoms with E-state index in [1.54, 1.807) is 16.7 Å². The minimum atomic E-state index is 0.0739. The number of rotatable bonds is 2. The number of hydrogen-bond donors (Lipinski definition) is 1. The minimum Gasteiger partial charge on any atom is -0.384 e. The molecule has 2 aromatic rings. The molecule has 3 rings (SSSR count). The first-order valence-electron chi connectivity index (χ1n) is 7.78. The van der Waals surface area contributed by atoms with Crippen LogP contribution >= 0.6 is 23.8 Å². The summed E-state index contributed by atoms with van der Waals surface area (Å²) in [5.74, 6) is 0.732. The molecule has 2 heterocycles. The summed E-state index contributed by atoms with van der Waals surface area (Å²) in [6.45, 7) is 4.62. The summed E-state index contributed by atoms with van der Waals surface area (Å²) in [6, 6.07) is 9.48. The lowest BCUT2D eigenvalue weighted by Gasteiger charge is -2.30. The number of fused-ring (bicyclic) bond motifs is 1. The molecule has 2 N–H and O–H groups in total. The minimum absolute atomic E-state index is 0.0739. The number of benzene rings is 1. The Balaban J connectivity index is 2.23. The van der Waals surface area contributed by atoms with E-state index in [1.165, 1.54) is 0 Å². The molecule has 1 aliphatic rings. The predicted molar refractivity (Wildman–Crippen MR) is 97.9 cm³/mol. The van der Waals surface area contributed by atoms with Crippen LogP contribution in [-0.2, 0) is 17.8 Å². The Bertz CT molecular complexity index is 881. The SMILES string of the molecule is CC(C)[C@H]1Cc2c(C#N)c(N)n(-c3ccc(Cl)cc3)c(=S)c2CO1. The average molecular weight is 360 g/mol. The van der Waals surface area contributed by atoms with Gasteiger partial charge in [0.05, 0.1) is 18.3 Å². The van der Waals surface area contributed by atoms with Crippen molar-refractivity contribution in [2.45, 2.75) is 33.0 Å². The molecule has 1 atom stereocenters. The van der Waals surface area contributed by atoms with Gasteiger partial charge in [-0.1, -0.05) is 37.7 Å². The van der Waals surface area contributed by atoms with Crippen molar-refractivity contribution in [3.8, 4) is 11.8 Å². The van der Waals surface area contributed by atoms with E-state index in [-0.39, 0.29) is 6.10 Å². The fourth-order valence-electron chi connectivity index (χ4n) is 3.01. The molecule has 1 aromatic heterocycles. The Labute approximate surface area is 151 Å². The van der Waals surface area contributed by atoms with Gasteiger partial charge >= 0.3 is 0 Å². The molecule has 24 heavy (non-hydrogen) atoms. The molecule has 0 radical (unpaired) electrons. The molecule has 0 spiro atoms. The fraction of sp³-hybridized carbons (Fsp3) is 0.333. The van der Waals surface area contributed by atoms with Gasteiger partial charge in [-0.3, -0.25) is 4.57 Å². The van der Waals surface area contributed by atoms with Gasteiger partial charge in [0, 0.05) is 22.7 Å². The molecule has 6 heteroatoms. The molecule has 0 bridgehead atoms. The molecular formula is C18H18ClN3OS. The summed E-state index contributed by atoms with van der Waals surface area (Å²) in [5, 5.41) is 10.3. The Hall–Kier alpha value is -1.87. The smallest absolute Gasteiger partial charge is 0.127 e. The molecule has 0 amide bonds. The summed E-state index contributed by atoms with van der Waals surface area (Å²) >= 11 is 11.6. The van der Waals surface area contributed by atoms with Crippen molar-refractivity contribution < 1.29 is 4.74 Å². The zero-order chi connectivity index (χ0) is 17.4. The Morgan fingerprint density at radius 2 is 2.00 bits per heavy atom. The third kappa shape index (κ3) is 2.82. The van der Waals surface area contributed by atoms with E-state index in [0.717, 1.165) is 16.8 Å². The van der Waals surface area contributed by atoms with Crippen molar-refractivity contribution in [1.29, 1.82) is 5.26 Å². The Morgan fingerprint density at radius 1 is 1.33 bits per heavy atom. The zero-order valence-corrected chi connectivity index (χ0v) is 15.1. The normalized spacial score (nSPS) is 16.7. The van der Waals surface area contributed by atoms with Crippen molar-refractivity contribution in [3.05, 3.63) is 50.6 Å². The Kier molecular flexibility index (Phi) is 4.64. The number of pyridine rings is 1. The molecule has 0 aliphatic carbocycles. The van der Waals surface area contributed by atoms with Crippen LogP contribution in [0.15, 0.2) is 24.3 Å². The predicted octanol–water partition coefficient (Wildman–Crippen LogP) is 4.41. The summed E-state index contributed by atoms with van der Waals surface area (Å²) in [5.41, 5.74) is 9.39. The van der Waals surface area contributed by atoms with Crippen LogP contribution in [0.3, 0.4) is 0 Å². The lowest BCUT2D eigenvalue weighted by Crippen LogP contribution is -2.29. The van der Waals surface area contributed by atoms with Gasteiger partial charge in [0.25, 0.3) is 0 Å². The molecule has 124 valence electrons. The van der Waals surface area contributed by atoms with E-state index < -0.39 is 0 Å². The molecular weight excluding hydrogens is 342 g/mol. The van der Waals surface area contributed by atoms with Crippen LogP contribution in [0.5, 0.6) is 0 Å².